The zero-order valence-corrected chi connectivity index (χ0v) is 12.4. The van der Waals surface area contributed by atoms with Crippen molar-refractivity contribution in [2.24, 2.45) is 0 Å². The molecule has 0 radical (unpaired) electrons. The van der Waals surface area contributed by atoms with Gasteiger partial charge in [0.1, 0.15) is 11.6 Å². The van der Waals surface area contributed by atoms with Gasteiger partial charge in [-0.25, -0.2) is 4.98 Å². The maximum Gasteiger partial charge on any atom is 0.222 e. The molecule has 0 saturated carbocycles. The van der Waals surface area contributed by atoms with Gasteiger partial charge in [-0.05, 0) is 38.5 Å². The fraction of sp³-hybridized carbons (Fsp3) is 0.267. The number of hydrogen-bond acceptors (Lipinski definition) is 4. The molecule has 1 aromatic carbocycles. The first-order chi connectivity index (χ1) is 9.49. The topological polar surface area (TPSA) is 52.1 Å². The Hall–Kier alpha value is -1.94. The van der Waals surface area contributed by atoms with Crippen LogP contribution in [0.1, 0.15) is 35.7 Å². The van der Waals surface area contributed by atoms with E-state index in [0.717, 1.165) is 12.1 Å². The van der Waals surface area contributed by atoms with Crippen LogP contribution in [-0.2, 0) is 6.42 Å². The summed E-state index contributed by atoms with van der Waals surface area (Å²) < 4.78 is 5.67. The highest BCUT2D eigenvalue weighted by atomic mass is 35.5. The van der Waals surface area contributed by atoms with E-state index in [1.807, 2.05) is 13.8 Å². The van der Waals surface area contributed by atoms with E-state index in [-0.39, 0.29) is 5.78 Å². The average molecular weight is 291 g/mol. The molecule has 2 aromatic rings. The van der Waals surface area contributed by atoms with Crippen LogP contribution < -0.4 is 4.74 Å². The smallest absolute Gasteiger partial charge is 0.222 e. The Labute approximate surface area is 122 Å². The van der Waals surface area contributed by atoms with Gasteiger partial charge in [0, 0.05) is 17.3 Å². The minimum atomic E-state index is -0.0374. The Morgan fingerprint density at radius 3 is 2.65 bits per heavy atom. The molecule has 0 aliphatic rings. The Morgan fingerprint density at radius 1 is 1.30 bits per heavy atom. The second-order valence-corrected chi connectivity index (χ2v) is 4.81. The van der Waals surface area contributed by atoms with Gasteiger partial charge in [0.25, 0.3) is 0 Å². The maximum absolute atomic E-state index is 11.3. The summed E-state index contributed by atoms with van der Waals surface area (Å²) in [5.41, 5.74) is 1.46. The van der Waals surface area contributed by atoms with Gasteiger partial charge in [-0.1, -0.05) is 18.5 Å². The van der Waals surface area contributed by atoms with E-state index < -0.39 is 0 Å². The Morgan fingerprint density at radius 2 is 2.05 bits per heavy atom. The van der Waals surface area contributed by atoms with E-state index >= 15 is 0 Å². The van der Waals surface area contributed by atoms with Crippen molar-refractivity contribution in [1.29, 1.82) is 0 Å². The number of benzene rings is 1. The van der Waals surface area contributed by atoms with Gasteiger partial charge < -0.3 is 4.74 Å². The summed E-state index contributed by atoms with van der Waals surface area (Å²) in [4.78, 5) is 19.8. The third-order valence-corrected chi connectivity index (χ3v) is 3.08. The molecule has 0 aliphatic carbocycles. The van der Waals surface area contributed by atoms with Gasteiger partial charge in [0.2, 0.25) is 5.88 Å². The van der Waals surface area contributed by atoms with E-state index in [1.54, 1.807) is 24.3 Å². The van der Waals surface area contributed by atoms with Crippen LogP contribution in [0.2, 0.25) is 5.02 Å². The van der Waals surface area contributed by atoms with Crippen molar-refractivity contribution in [2.75, 3.05) is 0 Å². The lowest BCUT2D eigenvalue weighted by Gasteiger charge is -2.09. The molecule has 0 saturated heterocycles. The molecule has 1 aromatic heterocycles. The number of carbonyl (C=O) groups excluding carboxylic acids is 1. The molecule has 5 heteroatoms. The third-order valence-electron chi connectivity index (χ3n) is 2.78. The highest BCUT2D eigenvalue weighted by molar-refractivity contribution is 6.32. The quantitative estimate of drug-likeness (QED) is 0.799. The van der Waals surface area contributed by atoms with Crippen molar-refractivity contribution in [3.8, 4) is 11.6 Å². The van der Waals surface area contributed by atoms with Crippen molar-refractivity contribution >= 4 is 17.4 Å². The first-order valence-corrected chi connectivity index (χ1v) is 6.70. The van der Waals surface area contributed by atoms with Crippen molar-refractivity contribution < 1.29 is 9.53 Å². The lowest BCUT2D eigenvalue weighted by Crippen LogP contribution is -1.98. The third kappa shape index (κ3) is 3.33. The second kappa shape index (κ2) is 6.01. The van der Waals surface area contributed by atoms with Crippen LogP contribution in [-0.4, -0.2) is 15.8 Å². The molecule has 0 spiro atoms. The first-order valence-electron chi connectivity index (χ1n) is 6.32. The SMILES string of the molecule is CCc1cc(Oc2ccc(C(C)=O)cc2Cl)nc(C)n1. The number of ketones is 1. The predicted octanol–water partition coefficient (Wildman–Crippen LogP) is 4.00. The molecule has 4 nitrogen and oxygen atoms in total. The number of ether oxygens (including phenoxy) is 1. The molecule has 20 heavy (non-hydrogen) atoms. The molecule has 0 unspecified atom stereocenters. The van der Waals surface area contributed by atoms with Crippen LogP contribution in [0.5, 0.6) is 11.6 Å². The minimum Gasteiger partial charge on any atom is -0.437 e. The van der Waals surface area contributed by atoms with E-state index in [2.05, 4.69) is 9.97 Å². The summed E-state index contributed by atoms with van der Waals surface area (Å²) in [6.45, 7) is 5.32. The largest absolute Gasteiger partial charge is 0.437 e. The zero-order chi connectivity index (χ0) is 14.7. The van der Waals surface area contributed by atoms with Gasteiger partial charge in [-0.2, -0.15) is 4.98 Å². The molecule has 1 heterocycles. The van der Waals surface area contributed by atoms with Crippen molar-refractivity contribution in [3.63, 3.8) is 0 Å². The van der Waals surface area contributed by atoms with E-state index in [4.69, 9.17) is 16.3 Å². The van der Waals surface area contributed by atoms with Crippen LogP contribution in [0.4, 0.5) is 0 Å². The Balaban J connectivity index is 2.30. The molecular weight excluding hydrogens is 276 g/mol. The van der Waals surface area contributed by atoms with Gasteiger partial charge in [-0.3, -0.25) is 4.79 Å². The maximum atomic E-state index is 11.3. The van der Waals surface area contributed by atoms with Gasteiger partial charge in [0.05, 0.1) is 5.02 Å². The summed E-state index contributed by atoms with van der Waals surface area (Å²) in [5, 5.41) is 0.381. The predicted molar refractivity (Wildman–Crippen MR) is 77.7 cm³/mol. The minimum absolute atomic E-state index is 0.0374. The number of aryl methyl sites for hydroxylation is 2. The summed E-state index contributed by atoms with van der Waals surface area (Å²) in [6.07, 6.45) is 0.802. The zero-order valence-electron chi connectivity index (χ0n) is 11.6. The normalized spacial score (nSPS) is 10.4. The summed E-state index contributed by atoms with van der Waals surface area (Å²) in [6, 6.07) is 6.72. The lowest BCUT2D eigenvalue weighted by atomic mass is 10.1. The molecule has 0 atom stereocenters. The number of nitrogens with zero attached hydrogens (tertiary/aromatic N) is 2. The number of Topliss-reactive ketones (excluding diaryl/α,β-unsaturated/α-hetero) is 1. The van der Waals surface area contributed by atoms with E-state index in [9.17, 15) is 4.79 Å². The van der Waals surface area contributed by atoms with Gasteiger partial charge >= 0.3 is 0 Å². The van der Waals surface area contributed by atoms with Crippen LogP contribution in [0.25, 0.3) is 0 Å². The Kier molecular flexibility index (Phi) is 4.35. The number of aromatic nitrogens is 2. The molecule has 0 aliphatic heterocycles. The number of carbonyl (C=O) groups is 1. The van der Waals surface area contributed by atoms with Gasteiger partial charge in [0.15, 0.2) is 5.78 Å². The fourth-order valence-corrected chi connectivity index (χ4v) is 1.97. The highest BCUT2D eigenvalue weighted by Crippen LogP contribution is 2.29. The second-order valence-electron chi connectivity index (χ2n) is 4.40. The Bertz CT molecular complexity index is 656. The van der Waals surface area contributed by atoms with E-state index in [1.165, 1.54) is 6.92 Å². The summed E-state index contributed by atoms with van der Waals surface area (Å²) >= 11 is 6.12. The fourth-order valence-electron chi connectivity index (χ4n) is 1.75. The van der Waals surface area contributed by atoms with Crippen molar-refractivity contribution in [1.82, 2.24) is 9.97 Å². The van der Waals surface area contributed by atoms with Crippen LogP contribution >= 0.6 is 11.6 Å². The monoisotopic (exact) mass is 290 g/mol. The molecule has 0 fully saturated rings. The number of rotatable bonds is 4. The standard InChI is InChI=1S/C15H15ClN2O2/c1-4-12-8-15(18-10(3)17-12)20-14-6-5-11(9(2)19)7-13(14)16/h5-8H,4H2,1-3H3. The van der Waals surface area contributed by atoms with Crippen molar-refractivity contribution in [2.45, 2.75) is 27.2 Å². The molecule has 2 rings (SSSR count). The summed E-state index contributed by atoms with van der Waals surface area (Å²) in [7, 11) is 0. The van der Waals surface area contributed by atoms with Crippen LogP contribution in [0.3, 0.4) is 0 Å². The first kappa shape index (κ1) is 14.5. The van der Waals surface area contributed by atoms with Crippen LogP contribution in [0, 0.1) is 6.92 Å². The van der Waals surface area contributed by atoms with E-state index in [0.29, 0.717) is 28.0 Å². The average Bonchev–Trinajstić information content (AvgIpc) is 2.40. The molecule has 0 bridgehead atoms. The lowest BCUT2D eigenvalue weighted by molar-refractivity contribution is 0.101. The molecule has 104 valence electrons. The van der Waals surface area contributed by atoms with Crippen LogP contribution in [0.15, 0.2) is 24.3 Å². The highest BCUT2D eigenvalue weighted by Gasteiger charge is 2.09. The molecular formula is C15H15ClN2O2. The van der Waals surface area contributed by atoms with Crippen molar-refractivity contribution in [3.05, 3.63) is 46.4 Å². The van der Waals surface area contributed by atoms with Gasteiger partial charge in [-0.15, -0.1) is 0 Å². The number of halogens is 1. The molecule has 0 amide bonds. The number of hydrogen-bond donors (Lipinski definition) is 0. The molecule has 0 N–H and O–H groups in total. The summed E-state index contributed by atoms with van der Waals surface area (Å²) in [5.74, 6) is 1.53.